The fourth-order valence-corrected chi connectivity index (χ4v) is 12.0. The molecular weight excluding hydrogens is 291 g/mol. The van der Waals surface area contributed by atoms with Crippen LogP contribution in [0.15, 0.2) is 30.3 Å². The molecule has 0 radical (unpaired) electrons. The van der Waals surface area contributed by atoms with E-state index in [0.29, 0.717) is 0 Å². The molecule has 19 heavy (non-hydrogen) atoms. The quantitative estimate of drug-likeness (QED) is 0.684. The Morgan fingerprint density at radius 1 is 0.632 bits per heavy atom. The SMILES string of the molecule is c1ccc([As](C2CCCCC2)C2CCCCC2)cc1. The monoisotopic (exact) mass is 318 g/mol. The van der Waals surface area contributed by atoms with Crippen LogP contribution in [-0.2, 0) is 0 Å². The first kappa shape index (κ1) is 13.7. The molecule has 0 N–H and O–H groups in total. The average Bonchev–Trinajstić information content (AvgIpc) is 2.51. The van der Waals surface area contributed by atoms with Gasteiger partial charge in [0.15, 0.2) is 0 Å². The second-order valence-electron chi connectivity index (χ2n) is 6.33. The summed E-state index contributed by atoms with van der Waals surface area (Å²) in [7, 11) is 0. The van der Waals surface area contributed by atoms with Gasteiger partial charge < -0.3 is 0 Å². The van der Waals surface area contributed by atoms with Crippen LogP contribution in [0.25, 0.3) is 0 Å². The number of hydrogen-bond acceptors (Lipinski definition) is 0. The van der Waals surface area contributed by atoms with Gasteiger partial charge in [0.2, 0.25) is 0 Å². The van der Waals surface area contributed by atoms with Crippen LogP contribution in [0.1, 0.15) is 64.2 Å². The summed E-state index contributed by atoms with van der Waals surface area (Å²) in [5, 5.41) is 0. The summed E-state index contributed by atoms with van der Waals surface area (Å²) in [6.07, 6.45) is 15.2. The van der Waals surface area contributed by atoms with Crippen molar-refractivity contribution in [2.45, 2.75) is 73.6 Å². The van der Waals surface area contributed by atoms with Gasteiger partial charge in [0, 0.05) is 0 Å². The van der Waals surface area contributed by atoms with Gasteiger partial charge in [0.05, 0.1) is 0 Å². The molecule has 0 bridgehead atoms. The van der Waals surface area contributed by atoms with Crippen molar-refractivity contribution in [2.24, 2.45) is 0 Å². The predicted molar refractivity (Wildman–Crippen MR) is 85.5 cm³/mol. The second kappa shape index (κ2) is 6.98. The molecular formula is C18H27As. The second-order valence-corrected chi connectivity index (χ2v) is 12.2. The van der Waals surface area contributed by atoms with Crippen LogP contribution in [-0.4, -0.2) is 14.7 Å². The Labute approximate surface area is 123 Å². The maximum atomic E-state index is 2.46. The van der Waals surface area contributed by atoms with E-state index in [4.69, 9.17) is 0 Å². The summed E-state index contributed by atoms with van der Waals surface area (Å²) < 4.78 is 4.02. The van der Waals surface area contributed by atoms with Crippen LogP contribution < -0.4 is 4.35 Å². The maximum absolute atomic E-state index is 2.46. The van der Waals surface area contributed by atoms with Gasteiger partial charge in [-0.25, -0.2) is 0 Å². The Morgan fingerprint density at radius 3 is 1.58 bits per heavy atom. The fourth-order valence-electron chi connectivity index (χ4n) is 4.04. The third kappa shape index (κ3) is 3.46. The molecule has 2 aliphatic carbocycles. The molecule has 0 spiro atoms. The molecule has 1 aromatic rings. The van der Waals surface area contributed by atoms with Crippen molar-refractivity contribution in [3.63, 3.8) is 0 Å². The van der Waals surface area contributed by atoms with E-state index >= 15 is 0 Å². The van der Waals surface area contributed by atoms with E-state index < -0.39 is 14.7 Å². The van der Waals surface area contributed by atoms with Crippen molar-refractivity contribution in [3.05, 3.63) is 30.3 Å². The molecule has 2 fully saturated rings. The number of hydrogen-bond donors (Lipinski definition) is 0. The molecule has 0 aliphatic heterocycles. The standard InChI is InChI=1S/C18H27As/c1-4-10-16(11-5-1)19(17-12-6-2-7-13-17)18-14-8-3-9-15-18/h1,4-5,10-11,17-18H,2-3,6-9,12-15H2. The molecule has 0 unspecified atom stereocenters. The Balaban J connectivity index is 1.81. The number of rotatable bonds is 3. The van der Waals surface area contributed by atoms with E-state index in [1.807, 2.05) is 0 Å². The van der Waals surface area contributed by atoms with Gasteiger partial charge in [-0.1, -0.05) is 0 Å². The summed E-state index contributed by atoms with van der Waals surface area (Å²) in [5.74, 6) is 0. The van der Waals surface area contributed by atoms with Crippen LogP contribution in [0.5, 0.6) is 0 Å². The third-order valence-electron chi connectivity index (χ3n) is 4.99. The summed E-state index contributed by atoms with van der Waals surface area (Å²) in [5.41, 5.74) is 0. The molecule has 3 rings (SSSR count). The van der Waals surface area contributed by atoms with Gasteiger partial charge in [-0.05, 0) is 0 Å². The molecule has 0 nitrogen and oxygen atoms in total. The van der Waals surface area contributed by atoms with E-state index in [1.165, 1.54) is 38.5 Å². The number of benzene rings is 1. The van der Waals surface area contributed by atoms with Gasteiger partial charge in [-0.15, -0.1) is 0 Å². The van der Waals surface area contributed by atoms with E-state index in [-0.39, 0.29) is 0 Å². The van der Waals surface area contributed by atoms with Crippen molar-refractivity contribution in [2.75, 3.05) is 0 Å². The summed E-state index contributed by atoms with van der Waals surface area (Å²) in [6.45, 7) is 0. The first-order valence-electron chi connectivity index (χ1n) is 8.28. The van der Waals surface area contributed by atoms with E-state index in [2.05, 4.69) is 30.3 Å². The molecule has 0 heterocycles. The summed E-state index contributed by atoms with van der Waals surface area (Å²) >= 11 is -0.836. The van der Waals surface area contributed by atoms with Crippen molar-refractivity contribution < 1.29 is 0 Å². The van der Waals surface area contributed by atoms with Crippen LogP contribution in [0.2, 0.25) is 9.41 Å². The first-order chi connectivity index (χ1) is 9.45. The molecule has 0 aromatic heterocycles. The molecule has 0 amide bonds. The van der Waals surface area contributed by atoms with E-state index in [0.717, 1.165) is 9.41 Å². The molecule has 1 heteroatoms. The minimum atomic E-state index is -0.836. The van der Waals surface area contributed by atoms with E-state index in [1.54, 1.807) is 30.0 Å². The van der Waals surface area contributed by atoms with Crippen molar-refractivity contribution in [3.8, 4) is 0 Å². The zero-order valence-electron chi connectivity index (χ0n) is 12.1. The van der Waals surface area contributed by atoms with Crippen molar-refractivity contribution >= 4 is 19.0 Å². The van der Waals surface area contributed by atoms with Crippen LogP contribution in [0.3, 0.4) is 0 Å². The van der Waals surface area contributed by atoms with Crippen molar-refractivity contribution in [1.82, 2.24) is 0 Å². The Bertz CT molecular complexity index is 343. The Morgan fingerprint density at radius 2 is 1.11 bits per heavy atom. The third-order valence-corrected chi connectivity index (χ3v) is 12.3. The average molecular weight is 318 g/mol. The Kier molecular flexibility index (Phi) is 5.05. The van der Waals surface area contributed by atoms with Gasteiger partial charge >= 0.3 is 123 Å². The zero-order valence-corrected chi connectivity index (χ0v) is 13.9. The first-order valence-corrected chi connectivity index (χ1v) is 11.4. The molecule has 0 saturated heterocycles. The van der Waals surface area contributed by atoms with Crippen LogP contribution in [0, 0.1) is 0 Å². The normalized spacial score (nSPS) is 22.8. The molecule has 1 aromatic carbocycles. The van der Waals surface area contributed by atoms with Crippen LogP contribution >= 0.6 is 0 Å². The van der Waals surface area contributed by atoms with Crippen LogP contribution in [0.4, 0.5) is 0 Å². The predicted octanol–water partition coefficient (Wildman–Crippen LogP) is 5.06. The molecule has 104 valence electrons. The van der Waals surface area contributed by atoms with Crippen molar-refractivity contribution in [1.29, 1.82) is 0 Å². The van der Waals surface area contributed by atoms with Gasteiger partial charge in [0.25, 0.3) is 0 Å². The topological polar surface area (TPSA) is 0 Å². The van der Waals surface area contributed by atoms with Gasteiger partial charge in [-0.3, -0.25) is 0 Å². The molecule has 2 aliphatic rings. The molecule has 2 saturated carbocycles. The molecule has 0 atom stereocenters. The summed E-state index contributed by atoms with van der Waals surface area (Å²) in [6, 6.07) is 11.7. The zero-order chi connectivity index (χ0) is 12.9. The Hall–Kier alpha value is -0.222. The van der Waals surface area contributed by atoms with Gasteiger partial charge in [-0.2, -0.15) is 0 Å². The van der Waals surface area contributed by atoms with Gasteiger partial charge in [0.1, 0.15) is 0 Å². The summed E-state index contributed by atoms with van der Waals surface area (Å²) in [4.78, 5) is 0. The van der Waals surface area contributed by atoms with E-state index in [9.17, 15) is 0 Å². The minimum absolute atomic E-state index is 0.836. The fraction of sp³-hybridized carbons (Fsp3) is 0.667.